The number of allylic oxidation sites excluding steroid dienone is 1. The minimum Gasteiger partial charge on any atom is -0.480 e. The summed E-state index contributed by atoms with van der Waals surface area (Å²) < 4.78 is 0. The van der Waals surface area contributed by atoms with Crippen molar-refractivity contribution in [1.82, 2.24) is 36.1 Å². The first kappa shape index (κ1) is 41.0. The molecule has 0 bridgehead atoms. The van der Waals surface area contributed by atoms with Gasteiger partial charge in [0.1, 0.15) is 35.6 Å². The molecule has 16 nitrogen and oxygen atoms in total. The number of nitrogens with one attached hydrogen (secondary N) is 4. The first-order valence-corrected chi connectivity index (χ1v) is 18.0. The Kier molecular flexibility index (Phi) is 13.9. The third-order valence-corrected chi connectivity index (χ3v) is 9.61. The van der Waals surface area contributed by atoms with Gasteiger partial charge in [0, 0.05) is 43.6 Å². The quantitative estimate of drug-likeness (QED) is 0.120. The highest BCUT2D eigenvalue weighted by Crippen LogP contribution is 2.41. The third-order valence-electron chi connectivity index (χ3n) is 9.61. The van der Waals surface area contributed by atoms with Gasteiger partial charge in [0.15, 0.2) is 0 Å². The van der Waals surface area contributed by atoms with Gasteiger partial charge in [0.25, 0.3) is 17.6 Å². The number of carbonyl (C=O) groups excluding carboxylic acids is 7. The summed E-state index contributed by atoms with van der Waals surface area (Å²) in [7, 11) is 0. The smallest absolute Gasteiger partial charge is 0.326 e. The van der Waals surface area contributed by atoms with Gasteiger partial charge in [0.2, 0.25) is 17.7 Å². The number of aromatic nitrogens is 2. The van der Waals surface area contributed by atoms with Crippen LogP contribution in [0.25, 0.3) is 0 Å². The van der Waals surface area contributed by atoms with E-state index in [0.29, 0.717) is 12.0 Å². The second kappa shape index (κ2) is 18.3. The number of rotatable bonds is 16. The second-order valence-corrected chi connectivity index (χ2v) is 14.1. The molecule has 1 saturated carbocycles. The van der Waals surface area contributed by atoms with E-state index in [9.17, 15) is 43.5 Å². The van der Waals surface area contributed by atoms with Crippen LogP contribution in [0.2, 0.25) is 0 Å². The lowest BCUT2D eigenvalue weighted by Crippen LogP contribution is -2.59. The first-order chi connectivity index (χ1) is 25.6. The Labute approximate surface area is 312 Å². The molecule has 54 heavy (non-hydrogen) atoms. The monoisotopic (exact) mass is 745 g/mol. The molecule has 1 saturated heterocycles. The summed E-state index contributed by atoms with van der Waals surface area (Å²) >= 11 is 0. The number of amides is 5. The van der Waals surface area contributed by atoms with Crippen molar-refractivity contribution in [3.63, 3.8) is 0 Å². The van der Waals surface area contributed by atoms with Gasteiger partial charge in [-0.3, -0.25) is 38.5 Å². The molecule has 5 amide bonds. The van der Waals surface area contributed by atoms with Crippen molar-refractivity contribution in [1.29, 1.82) is 0 Å². The fraction of sp³-hybridized carbons (Fsp3) is 0.474. The number of benzene rings is 1. The average molecular weight is 746 g/mol. The number of likely N-dealkylation sites (tertiary alicyclic amines) is 1. The van der Waals surface area contributed by atoms with E-state index in [0.717, 1.165) is 0 Å². The number of ketones is 2. The molecule has 2 aliphatic rings. The molecule has 1 aliphatic carbocycles. The van der Waals surface area contributed by atoms with Crippen LogP contribution in [0.15, 0.2) is 60.7 Å². The van der Waals surface area contributed by atoms with Crippen LogP contribution in [-0.2, 0) is 40.0 Å². The fourth-order valence-electron chi connectivity index (χ4n) is 6.78. The highest BCUT2D eigenvalue weighted by atomic mass is 16.4. The van der Waals surface area contributed by atoms with E-state index < -0.39 is 94.8 Å². The molecule has 2 heterocycles. The van der Waals surface area contributed by atoms with Gasteiger partial charge < -0.3 is 31.3 Å². The highest BCUT2D eigenvalue weighted by Gasteiger charge is 2.54. The molecule has 2 aromatic rings. The van der Waals surface area contributed by atoms with E-state index in [1.807, 2.05) is 0 Å². The van der Waals surface area contributed by atoms with E-state index in [-0.39, 0.29) is 37.3 Å². The molecule has 0 spiro atoms. The lowest BCUT2D eigenvalue weighted by Gasteiger charge is -2.33. The number of carboxylic acid groups (broad SMARTS) is 1. The number of nitrogens with zero attached hydrogens (tertiary/aromatic N) is 3. The number of carboxylic acids is 1. The van der Waals surface area contributed by atoms with Crippen molar-refractivity contribution in [2.45, 2.75) is 84.5 Å². The predicted octanol–water partition coefficient (Wildman–Crippen LogP) is 0.969. The van der Waals surface area contributed by atoms with Crippen LogP contribution < -0.4 is 21.3 Å². The number of carbonyl (C=O) groups is 8. The zero-order valence-electron chi connectivity index (χ0n) is 30.9. The number of hydrogen-bond acceptors (Lipinski definition) is 10. The minimum absolute atomic E-state index is 0.00379. The van der Waals surface area contributed by atoms with Gasteiger partial charge >= 0.3 is 5.97 Å². The van der Waals surface area contributed by atoms with E-state index in [2.05, 4.69) is 31.2 Å². The Hall–Kier alpha value is -5.80. The van der Waals surface area contributed by atoms with E-state index in [1.54, 1.807) is 65.0 Å². The van der Waals surface area contributed by atoms with Crippen molar-refractivity contribution in [2.75, 3.05) is 6.54 Å². The molecule has 5 N–H and O–H groups in total. The van der Waals surface area contributed by atoms with Gasteiger partial charge in [-0.2, -0.15) is 0 Å². The molecule has 16 heteroatoms. The summed E-state index contributed by atoms with van der Waals surface area (Å²) in [6.45, 7) is 8.40. The third kappa shape index (κ3) is 9.79. The summed E-state index contributed by atoms with van der Waals surface area (Å²) in [5, 5.41) is 19.9. The summed E-state index contributed by atoms with van der Waals surface area (Å²) in [5.74, 6) is -8.80. The highest BCUT2D eigenvalue weighted by molar-refractivity contribution is 6.43. The summed E-state index contributed by atoms with van der Waals surface area (Å²) in [5.41, 5.74) is 0.205. The lowest BCUT2D eigenvalue weighted by atomic mass is 9.92. The van der Waals surface area contributed by atoms with Gasteiger partial charge in [-0.1, -0.05) is 71.0 Å². The maximum Gasteiger partial charge on any atom is 0.326 e. The number of fused-ring (bicyclic) bond motifs is 1. The topological polar surface area (TPSA) is 234 Å². The zero-order valence-corrected chi connectivity index (χ0v) is 30.9. The molecule has 288 valence electrons. The summed E-state index contributed by atoms with van der Waals surface area (Å²) in [6, 6.07) is 3.62. The van der Waals surface area contributed by atoms with Crippen LogP contribution >= 0.6 is 0 Å². The second-order valence-electron chi connectivity index (χ2n) is 14.1. The van der Waals surface area contributed by atoms with Crippen molar-refractivity contribution in [3.05, 3.63) is 72.0 Å². The molecule has 0 radical (unpaired) electrons. The number of hydrogen-bond donors (Lipinski definition) is 5. The van der Waals surface area contributed by atoms with E-state index >= 15 is 0 Å². The maximum absolute atomic E-state index is 14.3. The minimum atomic E-state index is -1.44. The molecular weight excluding hydrogens is 698 g/mol. The predicted molar refractivity (Wildman–Crippen MR) is 193 cm³/mol. The van der Waals surface area contributed by atoms with Crippen LogP contribution in [0.3, 0.4) is 0 Å². The molecular formula is C38H47N7O9. The van der Waals surface area contributed by atoms with Crippen LogP contribution in [0.4, 0.5) is 0 Å². The lowest BCUT2D eigenvalue weighted by molar-refractivity contribution is -0.144. The maximum atomic E-state index is 14.3. The fourth-order valence-corrected chi connectivity index (χ4v) is 6.78. The largest absolute Gasteiger partial charge is 0.480 e. The van der Waals surface area contributed by atoms with Crippen LogP contribution in [0, 0.1) is 23.7 Å². The Bertz CT molecular complexity index is 1780. The summed E-state index contributed by atoms with van der Waals surface area (Å²) in [4.78, 5) is 115. The van der Waals surface area contributed by atoms with E-state index in [1.165, 1.54) is 29.6 Å². The first-order valence-electron chi connectivity index (χ1n) is 18.0. The number of Topliss-reactive ketones (excluding diaryl/α,β-unsaturated/α-hetero) is 2. The van der Waals surface area contributed by atoms with Crippen LogP contribution in [-0.4, -0.2) is 97.8 Å². The molecule has 4 rings (SSSR count). The van der Waals surface area contributed by atoms with Gasteiger partial charge in [-0.15, -0.1) is 0 Å². The molecule has 2 unspecified atom stereocenters. The Morgan fingerprint density at radius 3 is 2.22 bits per heavy atom. The van der Waals surface area contributed by atoms with Crippen LogP contribution in [0.5, 0.6) is 0 Å². The Morgan fingerprint density at radius 2 is 1.63 bits per heavy atom. The SMILES string of the molecule is CC/C=C(\NC(=O)[C@H]1[C@H]2CCC(=O)[C@H]2CN1C(=O)C(NC(=O)C(NC(=O)c1cnccn1)C(C)C)C(C)C)C(=O)C(=O)N[C@@H](Cc1ccccc1)C(=O)O. The van der Waals surface area contributed by atoms with Crippen molar-refractivity contribution < 1.29 is 43.5 Å². The van der Waals surface area contributed by atoms with Crippen molar-refractivity contribution in [2.24, 2.45) is 23.7 Å². The van der Waals surface area contributed by atoms with Crippen molar-refractivity contribution in [3.8, 4) is 0 Å². The van der Waals surface area contributed by atoms with E-state index in [4.69, 9.17) is 0 Å². The Morgan fingerprint density at radius 1 is 0.944 bits per heavy atom. The Balaban J connectivity index is 1.53. The molecule has 2 fully saturated rings. The molecule has 1 aromatic carbocycles. The van der Waals surface area contributed by atoms with Gasteiger partial charge in [-0.05, 0) is 30.2 Å². The molecule has 6 atom stereocenters. The zero-order chi connectivity index (χ0) is 39.7. The van der Waals surface area contributed by atoms with Crippen LogP contribution in [0.1, 0.15) is 69.9 Å². The average Bonchev–Trinajstić information content (AvgIpc) is 3.71. The molecule has 1 aromatic heterocycles. The normalized spacial score (nSPS) is 19.8. The van der Waals surface area contributed by atoms with Gasteiger partial charge in [-0.25, -0.2) is 9.78 Å². The standard InChI is InChI=1S/C38H47N7O9/c1-6-10-25(32(47)36(51)42-26(38(53)54)17-22-11-8-7-9-12-22)41-35(50)31-23-13-14-28(46)24(23)19-45(31)37(52)30(21(4)5)44-34(49)29(20(2)3)43-33(48)27-18-39-15-16-40-27/h7-12,15-16,18,20-21,23-24,26,29-31H,6,13-14,17,19H2,1-5H3,(H,41,50)(H,42,51)(H,43,48)(H,44,49)(H,53,54)/b25-10-/t23-,24-,26-,29?,30?,31+/m0/s1. The summed E-state index contributed by atoms with van der Waals surface area (Å²) in [6.07, 6.45) is 5.92. The van der Waals surface area contributed by atoms with Gasteiger partial charge in [0.05, 0.1) is 11.9 Å². The van der Waals surface area contributed by atoms with Crippen molar-refractivity contribution >= 4 is 47.1 Å². The number of aliphatic carboxylic acids is 1. The molecule has 1 aliphatic heterocycles.